The molecular weight excluding hydrogens is 257 g/mol. The summed E-state index contributed by atoms with van der Waals surface area (Å²) < 4.78 is 17.9. The SMILES string of the molecule is Cc1cc(F)ccc1-c1nc(C(=O)O)c(C(=O)O)o1. The number of aromatic carboxylic acids is 2. The number of benzene rings is 1. The Morgan fingerprint density at radius 1 is 1.26 bits per heavy atom. The Labute approximate surface area is 106 Å². The highest BCUT2D eigenvalue weighted by Crippen LogP contribution is 2.25. The summed E-state index contributed by atoms with van der Waals surface area (Å²) in [5.74, 6) is -4.44. The Hall–Kier alpha value is -2.70. The first-order valence-electron chi connectivity index (χ1n) is 5.14. The summed E-state index contributed by atoms with van der Waals surface area (Å²) >= 11 is 0. The van der Waals surface area contributed by atoms with Gasteiger partial charge in [0, 0.05) is 5.56 Å². The molecular formula is C12H8FNO5. The Bertz CT molecular complexity index is 645. The van der Waals surface area contributed by atoms with Gasteiger partial charge in [-0.3, -0.25) is 0 Å². The van der Waals surface area contributed by atoms with Crippen molar-refractivity contribution in [2.45, 2.75) is 6.92 Å². The Morgan fingerprint density at radius 3 is 2.42 bits per heavy atom. The maximum Gasteiger partial charge on any atom is 0.374 e. The van der Waals surface area contributed by atoms with Crippen LogP contribution >= 0.6 is 0 Å². The smallest absolute Gasteiger partial charge is 0.374 e. The fourth-order valence-electron chi connectivity index (χ4n) is 1.59. The third-order valence-corrected chi connectivity index (χ3v) is 2.44. The maximum atomic E-state index is 13.0. The molecule has 0 spiro atoms. The van der Waals surface area contributed by atoms with Crippen molar-refractivity contribution in [1.29, 1.82) is 0 Å². The summed E-state index contributed by atoms with van der Waals surface area (Å²) in [5.41, 5.74) is 0.0951. The lowest BCUT2D eigenvalue weighted by atomic mass is 10.1. The van der Waals surface area contributed by atoms with Crippen LogP contribution in [0.3, 0.4) is 0 Å². The van der Waals surface area contributed by atoms with Crippen molar-refractivity contribution in [3.63, 3.8) is 0 Å². The summed E-state index contributed by atoms with van der Waals surface area (Å²) in [6, 6.07) is 3.70. The van der Waals surface area contributed by atoms with Crippen molar-refractivity contribution in [1.82, 2.24) is 4.98 Å². The molecule has 0 radical (unpaired) electrons. The lowest BCUT2D eigenvalue weighted by molar-refractivity contribution is 0.0624. The van der Waals surface area contributed by atoms with Gasteiger partial charge in [-0.2, -0.15) is 0 Å². The van der Waals surface area contributed by atoms with Crippen LogP contribution < -0.4 is 0 Å². The summed E-state index contributed by atoms with van der Waals surface area (Å²) in [5, 5.41) is 17.7. The van der Waals surface area contributed by atoms with E-state index in [9.17, 15) is 14.0 Å². The average Bonchev–Trinajstić information content (AvgIpc) is 2.73. The van der Waals surface area contributed by atoms with E-state index in [-0.39, 0.29) is 5.89 Å². The molecule has 0 atom stereocenters. The summed E-state index contributed by atoms with van der Waals surface area (Å²) in [7, 11) is 0. The number of aromatic nitrogens is 1. The Balaban J connectivity index is 2.60. The molecule has 0 unspecified atom stereocenters. The van der Waals surface area contributed by atoms with Gasteiger partial charge in [0.05, 0.1) is 0 Å². The Morgan fingerprint density at radius 2 is 1.95 bits per heavy atom. The molecule has 0 aliphatic heterocycles. The first-order chi connectivity index (χ1) is 8.90. The number of hydrogen-bond acceptors (Lipinski definition) is 4. The van der Waals surface area contributed by atoms with Gasteiger partial charge in [0.15, 0.2) is 0 Å². The lowest BCUT2D eigenvalue weighted by Gasteiger charge is -2.00. The average molecular weight is 265 g/mol. The first kappa shape index (κ1) is 12.7. The second-order valence-corrected chi connectivity index (χ2v) is 3.77. The second kappa shape index (κ2) is 4.52. The highest BCUT2D eigenvalue weighted by molar-refractivity contribution is 5.98. The molecule has 0 aliphatic carbocycles. The minimum atomic E-state index is -1.53. The molecule has 0 aliphatic rings. The van der Waals surface area contributed by atoms with Gasteiger partial charge in [-0.1, -0.05) is 0 Å². The van der Waals surface area contributed by atoms with Gasteiger partial charge in [0.1, 0.15) is 5.82 Å². The molecule has 2 aromatic rings. The highest BCUT2D eigenvalue weighted by Gasteiger charge is 2.25. The number of rotatable bonds is 3. The predicted octanol–water partition coefficient (Wildman–Crippen LogP) is 2.19. The monoisotopic (exact) mass is 265 g/mol. The van der Waals surface area contributed by atoms with Crippen molar-refractivity contribution < 1.29 is 28.6 Å². The second-order valence-electron chi connectivity index (χ2n) is 3.77. The van der Waals surface area contributed by atoms with Gasteiger partial charge < -0.3 is 14.6 Å². The number of carboxylic acid groups (broad SMARTS) is 2. The third kappa shape index (κ3) is 2.30. The quantitative estimate of drug-likeness (QED) is 0.882. The molecule has 6 nitrogen and oxygen atoms in total. The molecule has 0 amide bonds. The van der Waals surface area contributed by atoms with E-state index in [1.54, 1.807) is 6.92 Å². The lowest BCUT2D eigenvalue weighted by Crippen LogP contribution is -2.05. The van der Waals surface area contributed by atoms with Gasteiger partial charge >= 0.3 is 11.9 Å². The number of hydrogen-bond donors (Lipinski definition) is 2. The summed E-state index contributed by atoms with van der Waals surface area (Å²) in [6.07, 6.45) is 0. The molecule has 0 saturated heterocycles. The molecule has 19 heavy (non-hydrogen) atoms. The number of carbonyl (C=O) groups is 2. The topological polar surface area (TPSA) is 101 Å². The van der Waals surface area contributed by atoms with Crippen LogP contribution in [0.25, 0.3) is 11.5 Å². The fraction of sp³-hybridized carbons (Fsp3) is 0.0833. The van der Waals surface area contributed by atoms with E-state index < -0.39 is 29.2 Å². The number of aryl methyl sites for hydroxylation is 1. The van der Waals surface area contributed by atoms with E-state index in [1.807, 2.05) is 0 Å². The zero-order valence-electron chi connectivity index (χ0n) is 9.68. The summed E-state index contributed by atoms with van der Waals surface area (Å²) in [4.78, 5) is 25.3. The van der Waals surface area contributed by atoms with Crippen molar-refractivity contribution in [3.8, 4) is 11.5 Å². The minimum Gasteiger partial charge on any atom is -0.476 e. The van der Waals surface area contributed by atoms with Crippen LogP contribution in [0.2, 0.25) is 0 Å². The van der Waals surface area contributed by atoms with E-state index in [0.717, 1.165) is 6.07 Å². The van der Waals surface area contributed by atoms with E-state index in [0.29, 0.717) is 11.1 Å². The number of carboxylic acids is 2. The molecule has 98 valence electrons. The number of nitrogens with zero attached hydrogens (tertiary/aromatic N) is 1. The van der Waals surface area contributed by atoms with Crippen LogP contribution in [0.4, 0.5) is 4.39 Å². The Kier molecular flexibility index (Phi) is 3.04. The zero-order valence-corrected chi connectivity index (χ0v) is 9.68. The largest absolute Gasteiger partial charge is 0.476 e. The van der Waals surface area contributed by atoms with Crippen LogP contribution in [-0.4, -0.2) is 27.1 Å². The van der Waals surface area contributed by atoms with Crippen molar-refractivity contribution in [2.75, 3.05) is 0 Å². The van der Waals surface area contributed by atoms with Crippen LogP contribution in [0.1, 0.15) is 26.6 Å². The van der Waals surface area contributed by atoms with Gasteiger partial charge in [0.25, 0.3) is 0 Å². The fourth-order valence-corrected chi connectivity index (χ4v) is 1.59. The van der Waals surface area contributed by atoms with Crippen molar-refractivity contribution in [2.24, 2.45) is 0 Å². The van der Waals surface area contributed by atoms with Crippen LogP contribution in [0, 0.1) is 12.7 Å². The van der Waals surface area contributed by atoms with Gasteiger partial charge in [-0.25, -0.2) is 19.0 Å². The maximum absolute atomic E-state index is 13.0. The van der Waals surface area contributed by atoms with Gasteiger partial charge in [-0.15, -0.1) is 0 Å². The molecule has 0 saturated carbocycles. The van der Waals surface area contributed by atoms with Crippen LogP contribution in [0.15, 0.2) is 22.6 Å². The van der Waals surface area contributed by atoms with Crippen LogP contribution in [0.5, 0.6) is 0 Å². The number of oxazole rings is 1. The standard InChI is InChI=1S/C12H8FNO5/c1-5-4-6(13)2-3-7(5)10-14-8(11(15)16)9(19-10)12(17)18/h2-4H,1H3,(H,15,16)(H,17,18). The molecule has 1 aromatic heterocycles. The highest BCUT2D eigenvalue weighted by atomic mass is 19.1. The summed E-state index contributed by atoms with van der Waals surface area (Å²) in [6.45, 7) is 1.57. The van der Waals surface area contributed by atoms with Crippen molar-refractivity contribution >= 4 is 11.9 Å². The molecule has 0 bridgehead atoms. The third-order valence-electron chi connectivity index (χ3n) is 2.44. The van der Waals surface area contributed by atoms with Crippen LogP contribution in [-0.2, 0) is 0 Å². The normalized spacial score (nSPS) is 10.4. The van der Waals surface area contributed by atoms with Gasteiger partial charge in [0.2, 0.25) is 17.3 Å². The molecule has 2 N–H and O–H groups in total. The zero-order chi connectivity index (χ0) is 14.2. The van der Waals surface area contributed by atoms with E-state index in [4.69, 9.17) is 14.6 Å². The molecule has 1 heterocycles. The van der Waals surface area contributed by atoms with E-state index in [1.165, 1.54) is 12.1 Å². The first-order valence-corrected chi connectivity index (χ1v) is 5.14. The number of halogens is 1. The molecule has 1 aromatic carbocycles. The van der Waals surface area contributed by atoms with Crippen molar-refractivity contribution in [3.05, 3.63) is 41.0 Å². The molecule has 7 heteroatoms. The van der Waals surface area contributed by atoms with E-state index in [2.05, 4.69) is 4.98 Å². The van der Waals surface area contributed by atoms with E-state index >= 15 is 0 Å². The van der Waals surface area contributed by atoms with Gasteiger partial charge in [-0.05, 0) is 30.7 Å². The molecule has 2 rings (SSSR count). The minimum absolute atomic E-state index is 0.174. The molecule has 0 fully saturated rings. The predicted molar refractivity (Wildman–Crippen MR) is 60.6 cm³/mol.